The highest BCUT2D eigenvalue weighted by molar-refractivity contribution is 5.89. The lowest BCUT2D eigenvalue weighted by atomic mass is 10.1. The molecule has 1 aliphatic heterocycles. The van der Waals surface area contributed by atoms with Crippen molar-refractivity contribution in [2.75, 3.05) is 6.54 Å². The van der Waals surface area contributed by atoms with Gasteiger partial charge < -0.3 is 14.8 Å². The molecule has 4 rings (SSSR count). The van der Waals surface area contributed by atoms with E-state index in [1.807, 2.05) is 4.90 Å². The van der Waals surface area contributed by atoms with Crippen LogP contribution in [0, 0.1) is 5.92 Å². The van der Waals surface area contributed by atoms with E-state index in [0.717, 1.165) is 57.2 Å². The van der Waals surface area contributed by atoms with E-state index >= 15 is 0 Å². The third-order valence-corrected chi connectivity index (χ3v) is 5.55. The number of aromatic nitrogens is 3. The third-order valence-electron chi connectivity index (χ3n) is 5.55. The Morgan fingerprint density at radius 3 is 2.67 bits per heavy atom. The van der Waals surface area contributed by atoms with Gasteiger partial charge in [-0.15, -0.1) is 10.2 Å². The monoisotopic (exact) mass is 331 g/mol. The van der Waals surface area contributed by atoms with Gasteiger partial charge in [0.25, 0.3) is 0 Å². The van der Waals surface area contributed by atoms with Gasteiger partial charge in [0.15, 0.2) is 5.82 Å². The van der Waals surface area contributed by atoms with E-state index in [1.165, 1.54) is 0 Å². The molecule has 7 nitrogen and oxygen atoms in total. The van der Waals surface area contributed by atoms with E-state index in [-0.39, 0.29) is 23.8 Å². The summed E-state index contributed by atoms with van der Waals surface area (Å²) in [6, 6.07) is 0.189. The van der Waals surface area contributed by atoms with Crippen LogP contribution in [0.15, 0.2) is 6.33 Å². The second-order valence-electron chi connectivity index (χ2n) is 7.27. The number of nitrogens with one attached hydrogen (secondary N) is 1. The molecular weight excluding hydrogens is 306 g/mol. The van der Waals surface area contributed by atoms with Crippen molar-refractivity contribution in [3.05, 3.63) is 12.2 Å². The van der Waals surface area contributed by atoms with Crippen molar-refractivity contribution < 1.29 is 9.59 Å². The average molecular weight is 331 g/mol. The number of likely N-dealkylation sites (tertiary alicyclic amines) is 1. The molecule has 2 aliphatic carbocycles. The molecule has 1 aromatic heterocycles. The van der Waals surface area contributed by atoms with E-state index in [9.17, 15) is 9.59 Å². The van der Waals surface area contributed by atoms with Crippen LogP contribution in [0.4, 0.5) is 0 Å². The molecule has 1 unspecified atom stereocenters. The van der Waals surface area contributed by atoms with E-state index in [4.69, 9.17) is 0 Å². The van der Waals surface area contributed by atoms with Crippen molar-refractivity contribution in [3.63, 3.8) is 0 Å². The quantitative estimate of drug-likeness (QED) is 0.885. The van der Waals surface area contributed by atoms with Gasteiger partial charge in [-0.2, -0.15) is 0 Å². The highest BCUT2D eigenvalue weighted by atomic mass is 16.2. The molecule has 3 aliphatic rings. The fourth-order valence-electron chi connectivity index (χ4n) is 4.05. The first kappa shape index (κ1) is 15.6. The molecule has 1 atom stereocenters. The third kappa shape index (κ3) is 3.03. The summed E-state index contributed by atoms with van der Waals surface area (Å²) in [4.78, 5) is 27.1. The Hall–Kier alpha value is -1.92. The molecule has 24 heavy (non-hydrogen) atoms. The molecule has 2 saturated carbocycles. The average Bonchev–Trinajstić information content (AvgIpc) is 3.07. The summed E-state index contributed by atoms with van der Waals surface area (Å²) in [5.41, 5.74) is 0. The number of hydrogen-bond donors (Lipinski definition) is 1. The van der Waals surface area contributed by atoms with Gasteiger partial charge >= 0.3 is 0 Å². The van der Waals surface area contributed by atoms with Gasteiger partial charge in [0.05, 0.1) is 6.54 Å². The van der Waals surface area contributed by atoms with Crippen LogP contribution in [0.25, 0.3) is 0 Å². The number of carbonyl (C=O) groups is 2. The maximum Gasteiger partial charge on any atom is 0.243 e. The molecule has 130 valence electrons. The van der Waals surface area contributed by atoms with Gasteiger partial charge in [0.2, 0.25) is 11.8 Å². The van der Waals surface area contributed by atoms with Crippen molar-refractivity contribution in [1.29, 1.82) is 0 Å². The first-order valence-corrected chi connectivity index (χ1v) is 9.20. The number of rotatable bonds is 5. The lowest BCUT2D eigenvalue weighted by Crippen LogP contribution is -2.47. The lowest BCUT2D eigenvalue weighted by Gasteiger charge is -2.26. The molecule has 7 heteroatoms. The summed E-state index contributed by atoms with van der Waals surface area (Å²) in [6.45, 7) is 1.10. The van der Waals surface area contributed by atoms with Crippen molar-refractivity contribution in [1.82, 2.24) is 25.0 Å². The fraction of sp³-hybridized carbons (Fsp3) is 0.765. The van der Waals surface area contributed by atoms with Crippen LogP contribution in [-0.4, -0.2) is 44.1 Å². The second kappa shape index (κ2) is 6.53. The van der Waals surface area contributed by atoms with Crippen LogP contribution in [0.2, 0.25) is 0 Å². The van der Waals surface area contributed by atoms with Crippen LogP contribution < -0.4 is 5.32 Å². The Labute approximate surface area is 141 Å². The van der Waals surface area contributed by atoms with Crippen LogP contribution in [0.5, 0.6) is 0 Å². The fourth-order valence-corrected chi connectivity index (χ4v) is 4.05. The topological polar surface area (TPSA) is 80.1 Å². The van der Waals surface area contributed by atoms with Crippen molar-refractivity contribution in [2.24, 2.45) is 5.92 Å². The molecule has 0 aromatic carbocycles. The summed E-state index contributed by atoms with van der Waals surface area (Å²) in [6.07, 6.45) is 9.97. The summed E-state index contributed by atoms with van der Waals surface area (Å²) in [5, 5.41) is 11.0. The van der Waals surface area contributed by atoms with Gasteiger partial charge in [-0.25, -0.2) is 0 Å². The summed E-state index contributed by atoms with van der Waals surface area (Å²) >= 11 is 0. The molecule has 0 spiro atoms. The molecule has 1 saturated heterocycles. The number of nitrogens with zero attached hydrogens (tertiary/aromatic N) is 4. The first-order chi connectivity index (χ1) is 11.7. The van der Waals surface area contributed by atoms with Crippen molar-refractivity contribution in [2.45, 2.75) is 70.0 Å². The number of hydrogen-bond acceptors (Lipinski definition) is 4. The molecule has 2 heterocycles. The highest BCUT2D eigenvalue weighted by Crippen LogP contribution is 2.35. The van der Waals surface area contributed by atoms with E-state index in [2.05, 4.69) is 20.1 Å². The maximum atomic E-state index is 12.7. The Morgan fingerprint density at radius 2 is 1.92 bits per heavy atom. The van der Waals surface area contributed by atoms with Crippen LogP contribution in [0.1, 0.15) is 63.2 Å². The minimum absolute atomic E-state index is 0.0517. The van der Waals surface area contributed by atoms with E-state index in [1.54, 1.807) is 6.33 Å². The second-order valence-corrected chi connectivity index (χ2v) is 7.27. The Bertz CT molecular complexity index is 618. The predicted octanol–water partition coefficient (Wildman–Crippen LogP) is 1.41. The highest BCUT2D eigenvalue weighted by Gasteiger charge is 2.37. The van der Waals surface area contributed by atoms with Crippen molar-refractivity contribution >= 4 is 11.8 Å². The van der Waals surface area contributed by atoms with Gasteiger partial charge in [-0.1, -0.05) is 12.8 Å². The summed E-state index contributed by atoms with van der Waals surface area (Å²) in [5.74, 6) is 1.07. The molecule has 2 amide bonds. The molecular formula is C17H25N5O2. The molecule has 1 aromatic rings. The van der Waals surface area contributed by atoms with Crippen LogP contribution in [0.3, 0.4) is 0 Å². The molecule has 1 N–H and O–H groups in total. The molecule has 0 radical (unpaired) electrons. The Kier molecular flexibility index (Phi) is 4.24. The van der Waals surface area contributed by atoms with Gasteiger partial charge in [0, 0.05) is 18.5 Å². The Balaban J connectivity index is 1.36. The van der Waals surface area contributed by atoms with Gasteiger partial charge in [0.1, 0.15) is 12.4 Å². The lowest BCUT2D eigenvalue weighted by molar-refractivity contribution is -0.141. The number of carbonyl (C=O) groups excluding carboxylic acids is 2. The zero-order chi connectivity index (χ0) is 16.5. The van der Waals surface area contributed by atoms with Crippen LogP contribution in [-0.2, 0) is 16.1 Å². The minimum atomic E-state index is -0.310. The standard InChI is InChI=1S/C17H25N5O2/c23-16(18-10-15-20-19-11-22(15)13-7-8-13)14-6-3-9-21(14)17(24)12-4-1-2-5-12/h11-14H,1-10H2,(H,18,23). The molecule has 3 fully saturated rings. The zero-order valence-corrected chi connectivity index (χ0v) is 14.0. The summed E-state index contributed by atoms with van der Waals surface area (Å²) in [7, 11) is 0. The normalized spacial score (nSPS) is 24.5. The smallest absolute Gasteiger partial charge is 0.243 e. The first-order valence-electron chi connectivity index (χ1n) is 9.20. The summed E-state index contributed by atoms with van der Waals surface area (Å²) < 4.78 is 2.05. The largest absolute Gasteiger partial charge is 0.347 e. The van der Waals surface area contributed by atoms with Gasteiger partial charge in [-0.05, 0) is 38.5 Å². The predicted molar refractivity (Wildman–Crippen MR) is 86.8 cm³/mol. The molecule has 0 bridgehead atoms. The Morgan fingerprint density at radius 1 is 1.12 bits per heavy atom. The van der Waals surface area contributed by atoms with Gasteiger partial charge in [-0.3, -0.25) is 9.59 Å². The number of amides is 2. The van der Waals surface area contributed by atoms with Crippen molar-refractivity contribution in [3.8, 4) is 0 Å². The maximum absolute atomic E-state index is 12.7. The van der Waals surface area contributed by atoms with Crippen LogP contribution >= 0.6 is 0 Å². The minimum Gasteiger partial charge on any atom is -0.347 e. The zero-order valence-electron chi connectivity index (χ0n) is 14.0. The SMILES string of the molecule is O=C(NCc1nncn1C1CC1)C1CCCN1C(=O)C1CCCC1. The van der Waals surface area contributed by atoms with E-state index in [0.29, 0.717) is 19.1 Å². The van der Waals surface area contributed by atoms with E-state index < -0.39 is 0 Å².